The van der Waals surface area contributed by atoms with Gasteiger partial charge in [0, 0.05) is 12.8 Å². The van der Waals surface area contributed by atoms with E-state index < -0.39 is 20.0 Å². The monoisotopic (exact) mass is 1070 g/mol. The molecule has 0 aromatic rings. The molecule has 0 aromatic carbocycles. The predicted octanol–water partition coefficient (Wildman–Crippen LogP) is 19.0. The Morgan fingerprint density at radius 3 is 1.27 bits per heavy atom. The van der Waals surface area contributed by atoms with Crippen LogP contribution in [0.5, 0.6) is 0 Å². The van der Waals surface area contributed by atoms with Crippen LogP contribution in [-0.4, -0.2) is 74.3 Å². The van der Waals surface area contributed by atoms with E-state index in [1.807, 2.05) is 33.3 Å². The quantitative estimate of drug-likeness (QED) is 0.0205. The number of nitrogens with one attached hydrogen (secondary N) is 1. The average Bonchev–Trinajstić information content (AvgIpc) is 3.37. The maximum atomic E-state index is 13.5. The molecule has 0 radical (unpaired) electrons. The van der Waals surface area contributed by atoms with E-state index in [4.69, 9.17) is 13.8 Å². The maximum Gasteiger partial charge on any atom is 0.472 e. The molecule has 3 atom stereocenters. The smallest absolute Gasteiger partial charge is 0.456 e. The first-order chi connectivity index (χ1) is 36.4. The average molecular weight is 1070 g/mol. The fraction of sp³-hybridized carbons (Fsp3) is 0.754. The van der Waals surface area contributed by atoms with Crippen molar-refractivity contribution >= 4 is 19.7 Å². The predicted molar refractivity (Wildman–Crippen MR) is 323 cm³/mol. The summed E-state index contributed by atoms with van der Waals surface area (Å²) in [5.41, 5.74) is 0. The molecule has 3 unspecified atom stereocenters. The lowest BCUT2D eigenvalue weighted by atomic mass is 10.0. The number of nitrogens with zero attached hydrogens (tertiary/aromatic N) is 1. The molecule has 0 bridgehead atoms. The summed E-state index contributed by atoms with van der Waals surface area (Å²) in [7, 11) is 1.45. The number of rotatable bonds is 55. The Bertz CT molecular complexity index is 1560. The Balaban J connectivity index is 5.39. The van der Waals surface area contributed by atoms with Crippen LogP contribution in [0.2, 0.25) is 0 Å². The number of unbranched alkanes of at least 4 members (excludes halogenated alkanes) is 27. The first kappa shape index (κ1) is 72.2. The molecule has 0 aromatic heterocycles. The van der Waals surface area contributed by atoms with E-state index in [0.717, 1.165) is 83.5 Å². The van der Waals surface area contributed by atoms with Crippen molar-refractivity contribution in [2.24, 2.45) is 0 Å². The van der Waals surface area contributed by atoms with Crippen LogP contribution in [0.3, 0.4) is 0 Å². The highest BCUT2D eigenvalue weighted by molar-refractivity contribution is 7.47. The van der Waals surface area contributed by atoms with E-state index in [9.17, 15) is 19.0 Å². The summed E-state index contributed by atoms with van der Waals surface area (Å²) in [5, 5.41) is 3.02. The lowest BCUT2D eigenvalue weighted by Gasteiger charge is -2.27. The standard InChI is InChI=1S/C65H117N2O7P/c1-7-10-13-16-19-22-25-28-30-32-33-35-37-40-43-46-49-52-55-58-65(69)74-63(56-53-50-47-44-41-38-27-24-21-18-15-12-9-3)62(61-73-75(70,71)72-60-59-67(4,5)6)66-64(68)57-54-51-48-45-42-39-36-34-31-29-26-23-20-17-14-11-8-2/h19-20,22-23,28-31,36,39,45,48,53,56,62-63H,7-18,21,24-27,32-35,37-38,40-44,46-47,49-52,54-55,57-61H2,1-6H3,(H-,66,68,70,71)/p+1/b22-19-,23-20-,30-28-,31-29-,39-36-,48-45-,56-53+. The van der Waals surface area contributed by atoms with Crippen molar-refractivity contribution in [3.63, 3.8) is 0 Å². The largest absolute Gasteiger partial charge is 0.472 e. The van der Waals surface area contributed by atoms with E-state index in [1.54, 1.807) is 0 Å². The van der Waals surface area contributed by atoms with Gasteiger partial charge in [0.15, 0.2) is 0 Å². The minimum Gasteiger partial charge on any atom is -0.456 e. The summed E-state index contributed by atoms with van der Waals surface area (Å²) in [5.74, 6) is -0.575. The zero-order valence-corrected chi connectivity index (χ0v) is 50.4. The molecule has 0 aliphatic heterocycles. The topological polar surface area (TPSA) is 111 Å². The molecule has 0 aliphatic carbocycles. The number of hydrogen-bond donors (Lipinski definition) is 2. The maximum absolute atomic E-state index is 13.5. The number of likely N-dealkylation sites (N-methyl/N-ethyl adjacent to an activating group) is 1. The number of quaternary nitrogens is 1. The molecule has 0 aliphatic rings. The first-order valence-electron chi connectivity index (χ1n) is 30.9. The van der Waals surface area contributed by atoms with Crippen molar-refractivity contribution in [1.29, 1.82) is 0 Å². The normalized spacial score (nSPS) is 14.3. The summed E-state index contributed by atoms with van der Waals surface area (Å²) < 4.78 is 30.7. The Morgan fingerprint density at radius 2 is 0.827 bits per heavy atom. The number of phosphoric ester groups is 1. The van der Waals surface area contributed by atoms with Gasteiger partial charge in [-0.15, -0.1) is 0 Å². The van der Waals surface area contributed by atoms with Crippen LogP contribution < -0.4 is 5.32 Å². The summed E-state index contributed by atoms with van der Waals surface area (Å²) in [4.78, 5) is 37.7. The van der Waals surface area contributed by atoms with Gasteiger partial charge in [-0.25, -0.2) is 4.57 Å². The van der Waals surface area contributed by atoms with Crippen LogP contribution in [0.25, 0.3) is 0 Å². The molecule has 1 amide bonds. The highest BCUT2D eigenvalue weighted by Gasteiger charge is 2.30. The fourth-order valence-electron chi connectivity index (χ4n) is 8.49. The summed E-state index contributed by atoms with van der Waals surface area (Å²) in [6, 6.07) is -0.882. The van der Waals surface area contributed by atoms with E-state index >= 15 is 0 Å². The third kappa shape index (κ3) is 55.7. The molecule has 0 saturated heterocycles. The van der Waals surface area contributed by atoms with Crippen molar-refractivity contribution in [2.75, 3.05) is 40.9 Å². The van der Waals surface area contributed by atoms with Gasteiger partial charge in [0.1, 0.15) is 19.3 Å². The van der Waals surface area contributed by atoms with Crippen molar-refractivity contribution in [2.45, 2.75) is 277 Å². The first-order valence-corrected chi connectivity index (χ1v) is 32.4. The zero-order valence-electron chi connectivity index (χ0n) is 49.5. The second-order valence-electron chi connectivity index (χ2n) is 21.9. The summed E-state index contributed by atoms with van der Waals surface area (Å²) in [6.07, 6.45) is 71.5. The van der Waals surface area contributed by atoms with Gasteiger partial charge in [-0.2, -0.15) is 0 Å². The van der Waals surface area contributed by atoms with Crippen LogP contribution in [0.4, 0.5) is 0 Å². The second kappa shape index (κ2) is 54.5. The van der Waals surface area contributed by atoms with E-state index in [0.29, 0.717) is 17.4 Å². The Hall–Kier alpha value is -2.81. The Morgan fingerprint density at radius 1 is 0.467 bits per heavy atom. The van der Waals surface area contributed by atoms with Gasteiger partial charge in [0.25, 0.3) is 0 Å². The van der Waals surface area contributed by atoms with Gasteiger partial charge in [-0.3, -0.25) is 18.6 Å². The molecule has 0 spiro atoms. The molecule has 434 valence electrons. The Labute approximate surface area is 463 Å². The number of carbonyl (C=O) groups is 2. The molecule has 0 fully saturated rings. The van der Waals surface area contributed by atoms with Crippen LogP contribution in [0, 0.1) is 0 Å². The number of carbonyl (C=O) groups excluding carboxylic acids is 2. The second-order valence-corrected chi connectivity index (χ2v) is 23.3. The minimum atomic E-state index is -4.47. The molecule has 0 saturated carbocycles. The van der Waals surface area contributed by atoms with Crippen molar-refractivity contribution < 1.29 is 37.3 Å². The SMILES string of the molecule is CCCCC/C=C\C/C=C\C/C=C\C/C=C\CCCC(=O)NC(COP(=O)(O)OCC[N+](C)(C)C)C(/C=C/CCCCCCCCCCCCC)OC(=O)CCCCCCCCCCC/C=C\C/C=C\CCCCC. The van der Waals surface area contributed by atoms with Gasteiger partial charge >= 0.3 is 13.8 Å². The third-order valence-electron chi connectivity index (χ3n) is 13.3. The fourth-order valence-corrected chi connectivity index (χ4v) is 9.23. The van der Waals surface area contributed by atoms with E-state index in [-0.39, 0.29) is 37.9 Å². The van der Waals surface area contributed by atoms with Crippen molar-refractivity contribution in [3.8, 4) is 0 Å². The molecular weight excluding hydrogens is 952 g/mol. The summed E-state index contributed by atoms with van der Waals surface area (Å²) in [6.45, 7) is 6.92. The van der Waals surface area contributed by atoms with Gasteiger partial charge in [0.2, 0.25) is 5.91 Å². The number of amides is 1. The van der Waals surface area contributed by atoms with Crippen LogP contribution >= 0.6 is 7.82 Å². The van der Waals surface area contributed by atoms with Gasteiger partial charge in [-0.05, 0) is 102 Å². The van der Waals surface area contributed by atoms with Gasteiger partial charge in [-0.1, -0.05) is 235 Å². The number of phosphoric acid groups is 1. The highest BCUT2D eigenvalue weighted by Crippen LogP contribution is 2.43. The number of hydrogen-bond acceptors (Lipinski definition) is 6. The molecule has 0 rings (SSSR count). The van der Waals surface area contributed by atoms with Gasteiger partial charge < -0.3 is 19.4 Å². The third-order valence-corrected chi connectivity index (χ3v) is 14.3. The molecular formula is C65H118N2O7P+. The molecule has 2 N–H and O–H groups in total. The zero-order chi connectivity index (χ0) is 55.0. The number of ether oxygens (including phenoxy) is 1. The van der Waals surface area contributed by atoms with Crippen molar-refractivity contribution in [3.05, 3.63) is 85.1 Å². The van der Waals surface area contributed by atoms with E-state index in [1.165, 1.54) is 141 Å². The van der Waals surface area contributed by atoms with Crippen LogP contribution in [-0.2, 0) is 27.9 Å². The molecule has 9 nitrogen and oxygen atoms in total. The number of esters is 1. The molecule has 0 heterocycles. The highest BCUT2D eigenvalue weighted by atomic mass is 31.2. The van der Waals surface area contributed by atoms with Gasteiger partial charge in [0.05, 0.1) is 33.8 Å². The minimum absolute atomic E-state index is 0.0264. The number of allylic oxidation sites excluding steroid dienone is 13. The molecule has 75 heavy (non-hydrogen) atoms. The van der Waals surface area contributed by atoms with Crippen molar-refractivity contribution in [1.82, 2.24) is 5.32 Å². The Kier molecular flexibility index (Phi) is 52.5. The summed E-state index contributed by atoms with van der Waals surface area (Å²) >= 11 is 0. The molecule has 10 heteroatoms. The van der Waals surface area contributed by atoms with Crippen LogP contribution in [0.1, 0.15) is 265 Å². The van der Waals surface area contributed by atoms with E-state index in [2.05, 4.69) is 99.0 Å². The lowest BCUT2D eigenvalue weighted by Crippen LogP contribution is -2.47. The van der Waals surface area contributed by atoms with Crippen LogP contribution in [0.15, 0.2) is 85.1 Å². The lowest BCUT2D eigenvalue weighted by molar-refractivity contribution is -0.870.